The van der Waals surface area contributed by atoms with Crippen molar-refractivity contribution in [1.82, 2.24) is 5.32 Å². The molecule has 1 N–H and O–H groups in total. The van der Waals surface area contributed by atoms with Gasteiger partial charge in [0.05, 0.1) is 12.1 Å². The van der Waals surface area contributed by atoms with Gasteiger partial charge in [0, 0.05) is 23.4 Å². The summed E-state index contributed by atoms with van der Waals surface area (Å²) in [5.74, 6) is 0. The molecule has 0 aromatic carbocycles. The summed E-state index contributed by atoms with van der Waals surface area (Å²) in [4.78, 5) is 4.98. The van der Waals surface area contributed by atoms with Gasteiger partial charge in [-0.3, -0.25) is 4.99 Å². The average molecular weight is 252 g/mol. The molecular weight excluding hydrogens is 224 g/mol. The Kier molecular flexibility index (Phi) is 3.84. The van der Waals surface area contributed by atoms with Gasteiger partial charge in [0.15, 0.2) is 0 Å². The standard InChI is InChI=1S/C15H28N2O/c1-6-18-13-8-7-12(13)16-11-9-14(2,3)17-15(4,5)10-11/h11,13,17H,6-10H2,1-5H3. The molecule has 2 fully saturated rings. The number of hydrogen-bond donors (Lipinski definition) is 1. The first-order valence-electron chi connectivity index (χ1n) is 7.29. The molecule has 0 amide bonds. The zero-order chi connectivity index (χ0) is 13.4. The molecule has 1 aliphatic carbocycles. The van der Waals surface area contributed by atoms with Crippen LogP contribution in [0.1, 0.15) is 60.3 Å². The van der Waals surface area contributed by atoms with Crippen molar-refractivity contribution in [2.45, 2.75) is 83.5 Å². The lowest BCUT2D eigenvalue weighted by atomic mass is 9.79. The fourth-order valence-corrected chi connectivity index (χ4v) is 3.51. The highest BCUT2D eigenvalue weighted by molar-refractivity contribution is 5.94. The van der Waals surface area contributed by atoms with E-state index in [0.717, 1.165) is 32.3 Å². The Hall–Kier alpha value is -0.410. The number of nitrogens with zero attached hydrogens (tertiary/aromatic N) is 1. The third-order valence-electron chi connectivity index (χ3n) is 3.92. The van der Waals surface area contributed by atoms with Crippen molar-refractivity contribution < 1.29 is 4.74 Å². The minimum Gasteiger partial charge on any atom is -0.373 e. The van der Waals surface area contributed by atoms with Crippen LogP contribution >= 0.6 is 0 Å². The van der Waals surface area contributed by atoms with Crippen LogP contribution in [0.4, 0.5) is 0 Å². The summed E-state index contributed by atoms with van der Waals surface area (Å²) in [5.41, 5.74) is 1.67. The zero-order valence-corrected chi connectivity index (χ0v) is 12.5. The molecule has 104 valence electrons. The van der Waals surface area contributed by atoms with Crippen molar-refractivity contribution in [1.29, 1.82) is 0 Å². The molecule has 1 saturated carbocycles. The fourth-order valence-electron chi connectivity index (χ4n) is 3.51. The van der Waals surface area contributed by atoms with Gasteiger partial charge in [-0.15, -0.1) is 0 Å². The second-order valence-corrected chi connectivity index (χ2v) is 7.06. The normalized spacial score (nSPS) is 33.4. The van der Waals surface area contributed by atoms with Gasteiger partial charge < -0.3 is 10.1 Å². The molecule has 3 nitrogen and oxygen atoms in total. The number of rotatable bonds is 3. The van der Waals surface area contributed by atoms with Gasteiger partial charge in [-0.1, -0.05) is 0 Å². The van der Waals surface area contributed by atoms with E-state index in [4.69, 9.17) is 9.73 Å². The number of aliphatic imine (C=N–C) groups is 1. The predicted octanol–water partition coefficient (Wildman–Crippen LogP) is 2.94. The van der Waals surface area contributed by atoms with Crippen LogP contribution in [0.25, 0.3) is 0 Å². The second-order valence-electron chi connectivity index (χ2n) is 7.06. The molecular formula is C15H28N2O. The third kappa shape index (κ3) is 3.33. The van der Waals surface area contributed by atoms with E-state index in [1.807, 2.05) is 0 Å². The molecule has 1 aliphatic heterocycles. The molecule has 0 aromatic rings. The van der Waals surface area contributed by atoms with Crippen LogP contribution in [0.3, 0.4) is 0 Å². The quantitative estimate of drug-likeness (QED) is 0.838. The van der Waals surface area contributed by atoms with Gasteiger partial charge in [0.25, 0.3) is 0 Å². The Balaban J connectivity index is 2.03. The predicted molar refractivity (Wildman–Crippen MR) is 76.4 cm³/mol. The summed E-state index contributed by atoms with van der Waals surface area (Å²) in [7, 11) is 0. The van der Waals surface area contributed by atoms with Crippen LogP contribution in [0.15, 0.2) is 4.99 Å². The molecule has 2 rings (SSSR count). The van der Waals surface area contributed by atoms with E-state index in [2.05, 4.69) is 39.9 Å². The fraction of sp³-hybridized carbons (Fsp3) is 0.933. The van der Waals surface area contributed by atoms with Crippen LogP contribution in [0, 0.1) is 0 Å². The summed E-state index contributed by atoms with van der Waals surface area (Å²) < 4.78 is 5.69. The molecule has 0 aromatic heterocycles. The van der Waals surface area contributed by atoms with Crippen molar-refractivity contribution in [3.05, 3.63) is 0 Å². The maximum atomic E-state index is 5.69. The van der Waals surface area contributed by atoms with Crippen LogP contribution < -0.4 is 5.32 Å². The monoisotopic (exact) mass is 252 g/mol. The van der Waals surface area contributed by atoms with Crippen molar-refractivity contribution in [3.8, 4) is 0 Å². The summed E-state index contributed by atoms with van der Waals surface area (Å²) in [5, 5.41) is 3.71. The lowest BCUT2D eigenvalue weighted by Crippen LogP contribution is -2.59. The first-order chi connectivity index (χ1) is 8.31. The highest BCUT2D eigenvalue weighted by atomic mass is 16.5. The van der Waals surface area contributed by atoms with Gasteiger partial charge in [-0.05, 0) is 60.3 Å². The van der Waals surface area contributed by atoms with Crippen molar-refractivity contribution >= 4 is 5.71 Å². The Morgan fingerprint density at radius 1 is 1.22 bits per heavy atom. The van der Waals surface area contributed by atoms with Gasteiger partial charge in [0.1, 0.15) is 0 Å². The van der Waals surface area contributed by atoms with Gasteiger partial charge >= 0.3 is 0 Å². The molecule has 0 radical (unpaired) electrons. The van der Waals surface area contributed by atoms with E-state index in [-0.39, 0.29) is 11.1 Å². The Bertz CT molecular complexity index is 317. The molecule has 1 saturated heterocycles. The molecule has 2 aliphatic rings. The van der Waals surface area contributed by atoms with E-state index < -0.39 is 0 Å². The van der Waals surface area contributed by atoms with Crippen LogP contribution in [-0.4, -0.2) is 35.5 Å². The lowest BCUT2D eigenvalue weighted by Gasteiger charge is -2.46. The summed E-state index contributed by atoms with van der Waals surface area (Å²) in [6.45, 7) is 12.0. The van der Waals surface area contributed by atoms with E-state index >= 15 is 0 Å². The molecule has 1 heterocycles. The number of ether oxygens (including phenoxy) is 1. The van der Waals surface area contributed by atoms with E-state index in [9.17, 15) is 0 Å². The molecule has 1 unspecified atom stereocenters. The topological polar surface area (TPSA) is 33.6 Å². The minimum absolute atomic E-state index is 0.182. The van der Waals surface area contributed by atoms with Crippen LogP contribution in [0.5, 0.6) is 0 Å². The van der Waals surface area contributed by atoms with Gasteiger partial charge in [-0.2, -0.15) is 0 Å². The van der Waals surface area contributed by atoms with Crippen molar-refractivity contribution in [3.63, 3.8) is 0 Å². The number of hydrogen-bond acceptors (Lipinski definition) is 3. The van der Waals surface area contributed by atoms with Crippen LogP contribution in [0.2, 0.25) is 0 Å². The average Bonchev–Trinajstić information content (AvgIpc) is 2.16. The number of piperidine rings is 1. The summed E-state index contributed by atoms with van der Waals surface area (Å²) in [6.07, 6.45) is 4.85. The smallest absolute Gasteiger partial charge is 0.0954 e. The van der Waals surface area contributed by atoms with Gasteiger partial charge in [-0.25, -0.2) is 0 Å². The Labute approximate surface area is 111 Å². The Morgan fingerprint density at radius 2 is 1.83 bits per heavy atom. The highest BCUT2D eigenvalue weighted by Gasteiger charge is 2.38. The third-order valence-corrected chi connectivity index (χ3v) is 3.92. The number of nitrogens with one attached hydrogen (secondary N) is 1. The largest absolute Gasteiger partial charge is 0.373 e. The SMILES string of the molecule is CCOC1CCC1=NC1CC(C)(C)NC(C)(C)C1. The molecule has 0 spiro atoms. The summed E-state index contributed by atoms with van der Waals surface area (Å²) >= 11 is 0. The second kappa shape index (κ2) is 4.93. The van der Waals surface area contributed by atoms with E-state index in [1.54, 1.807) is 0 Å². The maximum Gasteiger partial charge on any atom is 0.0954 e. The van der Waals surface area contributed by atoms with E-state index in [1.165, 1.54) is 5.71 Å². The van der Waals surface area contributed by atoms with Gasteiger partial charge in [0.2, 0.25) is 0 Å². The minimum atomic E-state index is 0.182. The summed E-state index contributed by atoms with van der Waals surface area (Å²) in [6, 6.07) is 0.453. The van der Waals surface area contributed by atoms with Crippen molar-refractivity contribution in [2.75, 3.05) is 6.61 Å². The first-order valence-corrected chi connectivity index (χ1v) is 7.29. The molecule has 0 bridgehead atoms. The maximum absolute atomic E-state index is 5.69. The molecule has 18 heavy (non-hydrogen) atoms. The Morgan fingerprint density at radius 3 is 2.28 bits per heavy atom. The van der Waals surface area contributed by atoms with Crippen molar-refractivity contribution in [2.24, 2.45) is 4.99 Å². The highest BCUT2D eigenvalue weighted by Crippen LogP contribution is 2.32. The molecule has 3 heteroatoms. The van der Waals surface area contributed by atoms with E-state index in [0.29, 0.717) is 12.1 Å². The first kappa shape index (κ1) is 14.0. The lowest BCUT2D eigenvalue weighted by molar-refractivity contribution is 0.0843. The zero-order valence-electron chi connectivity index (χ0n) is 12.5. The van der Waals surface area contributed by atoms with Crippen LogP contribution in [-0.2, 0) is 4.74 Å². The molecule has 1 atom stereocenters.